The number of carboxylic acid groups (broad SMARTS) is 1. The fourth-order valence-corrected chi connectivity index (χ4v) is 11.1. The van der Waals surface area contributed by atoms with Crippen molar-refractivity contribution in [3.8, 4) is 34.5 Å². The topological polar surface area (TPSA) is 535 Å². The number of aliphatic carboxylic acids is 1. The summed E-state index contributed by atoms with van der Waals surface area (Å²) in [4.78, 5) is 28.7. The van der Waals surface area contributed by atoms with Gasteiger partial charge in [-0.2, -0.15) is 17.1 Å². The monoisotopic (exact) mass is 1500 g/mol. The molecule has 38 nitrogen and oxygen atoms in total. The molecule has 0 spiro atoms. The molecule has 11 N–H and O–H groups in total. The Labute approximate surface area is 597 Å². The first-order chi connectivity index (χ1) is 48.7. The van der Waals surface area contributed by atoms with E-state index in [0.717, 1.165) is 5.56 Å². The molecule has 4 aromatic carbocycles. The van der Waals surface area contributed by atoms with Crippen LogP contribution in [0.1, 0.15) is 11.1 Å². The SMILES string of the molecule is CN[C@@H](Cc1ccc(OS(=O)(=NCCOCCOCCOCCN=[N+]=[N-])Oc2ccccc2O[C@@H]2O[C@H](CO)[C@H](O)[C@H](O)[C@H]2O)cc1)C(=O)O.CN[C@@H](Cc1ccc(OS(=O)(=NCCOCCOCCOCCN=[N+]=[N-])Oc2ccccc2O[C@@H]2O[C@H](CO)[C@H](O)[C@H](O)[C@H]2O)cc1)C(=O)OC.[CH3-].[CH3-]. The van der Waals surface area contributed by atoms with Crippen molar-refractivity contribution in [2.75, 3.05) is 140 Å². The van der Waals surface area contributed by atoms with Crippen LogP contribution < -0.4 is 36.8 Å². The third-order valence-electron chi connectivity index (χ3n) is 14.1. The van der Waals surface area contributed by atoms with Crippen LogP contribution in [-0.4, -0.2) is 280 Å². The lowest BCUT2D eigenvalue weighted by Gasteiger charge is -2.39. The quantitative estimate of drug-likeness (QED) is 0.00743. The summed E-state index contributed by atoms with van der Waals surface area (Å²) in [5, 5.41) is 102. The van der Waals surface area contributed by atoms with Crippen LogP contribution in [0, 0.1) is 14.9 Å². The van der Waals surface area contributed by atoms with Crippen LogP contribution in [0.2, 0.25) is 0 Å². The number of benzene rings is 4. The summed E-state index contributed by atoms with van der Waals surface area (Å²) < 4.78 is 119. The second-order valence-electron chi connectivity index (χ2n) is 21.2. The third-order valence-corrected chi connectivity index (χ3v) is 16.7. The van der Waals surface area contributed by atoms with Gasteiger partial charge in [-0.1, -0.05) is 58.8 Å². The lowest BCUT2D eigenvalue weighted by Crippen LogP contribution is -2.60. The molecule has 0 aromatic heterocycles. The number of azide groups is 2. The number of methoxy groups -OCH3 is 1. The van der Waals surface area contributed by atoms with E-state index in [0.29, 0.717) is 38.4 Å². The second kappa shape index (κ2) is 49.2. The molecule has 14 atom stereocenters. The van der Waals surface area contributed by atoms with Crippen molar-refractivity contribution in [2.45, 2.75) is 86.3 Å². The van der Waals surface area contributed by atoms with E-state index in [1.165, 1.54) is 62.7 Å². The van der Waals surface area contributed by atoms with E-state index in [2.05, 4.69) is 39.4 Å². The number of nitrogens with one attached hydrogen (secondary N) is 2. The highest BCUT2D eigenvalue weighted by molar-refractivity contribution is 7.85. The molecule has 0 amide bonds. The van der Waals surface area contributed by atoms with E-state index in [9.17, 15) is 64.0 Å². The summed E-state index contributed by atoms with van der Waals surface area (Å²) in [5.41, 5.74) is 17.9. The number of para-hydroxylation sites is 4. The van der Waals surface area contributed by atoms with Crippen LogP contribution in [0.5, 0.6) is 34.5 Å². The Morgan fingerprint density at radius 1 is 0.485 bits per heavy atom. The highest BCUT2D eigenvalue weighted by Crippen LogP contribution is 2.35. The number of carboxylic acids is 1. The third kappa shape index (κ3) is 31.3. The summed E-state index contributed by atoms with van der Waals surface area (Å²) in [7, 11) is -3.57. The number of likely N-dealkylation sites (N-methyl/N-ethyl adjacent to an activating group) is 2. The molecule has 6 rings (SSSR count). The predicted molar refractivity (Wildman–Crippen MR) is 366 cm³/mol. The van der Waals surface area contributed by atoms with E-state index in [1.54, 1.807) is 55.6 Å². The molecule has 40 heteroatoms. The van der Waals surface area contributed by atoms with E-state index >= 15 is 0 Å². The zero-order valence-electron chi connectivity index (χ0n) is 57.5. The summed E-state index contributed by atoms with van der Waals surface area (Å²) >= 11 is 0. The number of ether oxygens (including phenoxy) is 11. The van der Waals surface area contributed by atoms with Gasteiger partial charge >= 0.3 is 32.5 Å². The smallest absolute Gasteiger partial charge is 0.388 e. The van der Waals surface area contributed by atoms with Crippen molar-refractivity contribution < 1.29 is 133 Å². The van der Waals surface area contributed by atoms with Gasteiger partial charge in [-0.25, -0.2) is 0 Å². The number of rotatable bonds is 46. The summed E-state index contributed by atoms with van der Waals surface area (Å²) in [6.07, 6.45) is -15.1. The van der Waals surface area contributed by atoms with Crippen molar-refractivity contribution in [3.05, 3.63) is 144 Å². The van der Waals surface area contributed by atoms with Gasteiger partial charge in [-0.3, -0.25) is 9.59 Å². The van der Waals surface area contributed by atoms with Gasteiger partial charge < -0.3 is 140 Å². The second-order valence-corrected chi connectivity index (χ2v) is 24.1. The zero-order chi connectivity index (χ0) is 73.4. The lowest BCUT2D eigenvalue weighted by molar-refractivity contribution is -0.277. The molecule has 4 aromatic rings. The molecular formula is C63H94N10O28S2-2. The number of aliphatic hydroxyl groups is 8. The minimum absolute atomic E-state index is 0. The van der Waals surface area contributed by atoms with E-state index in [4.69, 9.17) is 79.9 Å². The van der Waals surface area contributed by atoms with Crippen LogP contribution in [0.15, 0.2) is 116 Å². The maximum Gasteiger partial charge on any atom is 0.388 e. The van der Waals surface area contributed by atoms with Gasteiger partial charge in [0.2, 0.25) is 12.6 Å². The molecule has 578 valence electrons. The molecule has 2 unspecified atom stereocenters. The first kappa shape index (κ1) is 89.6. The molecule has 0 aliphatic carbocycles. The largest absolute Gasteiger partial charge is 0.480 e. The first-order valence-corrected chi connectivity index (χ1v) is 34.1. The average molecular weight is 1500 g/mol. The van der Waals surface area contributed by atoms with Crippen LogP contribution in [0.25, 0.3) is 20.9 Å². The molecule has 2 aliphatic heterocycles. The zero-order valence-corrected chi connectivity index (χ0v) is 59.1. The van der Waals surface area contributed by atoms with Gasteiger partial charge in [0.25, 0.3) is 0 Å². The van der Waals surface area contributed by atoms with Crippen LogP contribution in [0.3, 0.4) is 0 Å². The fraction of sp³-hybridized carbons (Fsp3) is 0.556. The van der Waals surface area contributed by atoms with Gasteiger partial charge in [0.15, 0.2) is 23.0 Å². The molecule has 2 saturated heterocycles. The Bertz CT molecular complexity index is 3440. The van der Waals surface area contributed by atoms with Crippen LogP contribution in [-0.2, 0) is 85.6 Å². The van der Waals surface area contributed by atoms with E-state index in [1.807, 2.05) is 0 Å². The summed E-state index contributed by atoms with van der Waals surface area (Å²) in [5.74, 6) is -1.71. The van der Waals surface area contributed by atoms with Gasteiger partial charge in [0.1, 0.15) is 72.4 Å². The van der Waals surface area contributed by atoms with Gasteiger partial charge in [0, 0.05) is 22.9 Å². The van der Waals surface area contributed by atoms with Crippen molar-refractivity contribution >= 4 is 32.5 Å². The fourth-order valence-electron chi connectivity index (χ4n) is 8.83. The maximum absolute atomic E-state index is 14.1. The van der Waals surface area contributed by atoms with Crippen molar-refractivity contribution in [2.24, 2.45) is 19.0 Å². The maximum atomic E-state index is 14.1. The number of aliphatic hydroxyl groups excluding tert-OH is 8. The van der Waals surface area contributed by atoms with Crippen LogP contribution in [0.4, 0.5) is 0 Å². The Kier molecular flexibility index (Phi) is 42.8. The number of carbonyl (C=O) groups is 2. The van der Waals surface area contributed by atoms with E-state index < -0.39 is 119 Å². The summed E-state index contributed by atoms with van der Waals surface area (Å²) in [6.45, 7) is 1.59. The Balaban J connectivity index is 0.000000525. The molecule has 0 radical (unpaired) electrons. The van der Waals surface area contributed by atoms with Gasteiger partial charge in [-0.15, -0.1) is 0 Å². The molecule has 2 aliphatic rings. The Hall–Kier alpha value is -7.58. The minimum Gasteiger partial charge on any atom is -0.480 e. The molecular weight excluding hydrogens is 1410 g/mol. The summed E-state index contributed by atoms with van der Waals surface area (Å²) in [6, 6.07) is 23.0. The average Bonchev–Trinajstić information content (AvgIpc) is 0.807. The molecule has 2 fully saturated rings. The van der Waals surface area contributed by atoms with E-state index in [-0.39, 0.29) is 135 Å². The number of carbonyl (C=O) groups excluding carboxylic acids is 1. The van der Waals surface area contributed by atoms with Gasteiger partial charge in [0.05, 0.1) is 113 Å². The Morgan fingerprint density at radius 3 is 1.14 bits per heavy atom. The van der Waals surface area contributed by atoms with Gasteiger partial charge in [-0.05, 0) is 97.7 Å². The van der Waals surface area contributed by atoms with Crippen LogP contribution >= 0.6 is 0 Å². The molecule has 0 saturated carbocycles. The number of hydrogen-bond donors (Lipinski definition) is 11. The lowest BCUT2D eigenvalue weighted by atomic mass is 9.99. The highest BCUT2D eigenvalue weighted by atomic mass is 32.3. The van der Waals surface area contributed by atoms with Crippen molar-refractivity contribution in [1.82, 2.24) is 10.6 Å². The minimum atomic E-state index is -4.03. The number of hydrogen-bond acceptors (Lipinski definition) is 33. The molecule has 103 heavy (non-hydrogen) atoms. The van der Waals surface area contributed by atoms with Crippen molar-refractivity contribution in [1.29, 1.82) is 0 Å². The first-order valence-electron chi connectivity index (χ1n) is 31.4. The molecule has 0 bridgehead atoms. The normalized spacial score (nSPS) is 21.5. The number of esters is 1. The Morgan fingerprint density at radius 2 is 0.816 bits per heavy atom. The van der Waals surface area contributed by atoms with Crippen molar-refractivity contribution in [3.63, 3.8) is 0 Å². The standard InChI is InChI=1S/C31H45N5O14S.C30H43N5O14S.2CH3/c1-33-23(30(41)43-2)19-21-7-9-22(10-8-21)49-51(42,35-12-14-45-16-18-46-17-15-44-13-11-34-36-32)50-25-6-4-3-5-24(25)47-31-29(40)28(39)27(38)26(20-37)48-31;1-32-22(29(40)41)18-20-6-8-21(9-7-20)48-50(42,34-11-13-44-15-17-45-16-14-43-12-10-33-35-31)49-24-5-3-2-4-23(24)46-30-28(39)27(38)26(37)25(19-36)47-30;;/h3-10,23,26-29,31,33,37-40H,11-20H2,1-2H3;2-9,22,25-28,30,32,36-39H,10-19H2,1H3,(H,40,41);2*1H3/q;;2*-1/t23-,26+,27-,28-,29+,31+,51?;22-,25+,26-,27-,28+,30+,50?;;/m00../s1. The number of nitrogens with zero attached hydrogens (tertiary/aromatic N) is 8. The highest BCUT2D eigenvalue weighted by Gasteiger charge is 2.46. The molecule has 2 heterocycles. The predicted octanol–water partition coefficient (Wildman–Crippen LogP) is 1.38.